The molecule has 0 bridgehead atoms. The molecule has 0 aliphatic heterocycles. The Balaban J connectivity index is 0.000000288. The molecule has 1 heterocycles. The third kappa shape index (κ3) is 5.41. The van der Waals surface area contributed by atoms with Gasteiger partial charge >= 0.3 is 0 Å². The van der Waals surface area contributed by atoms with Crippen molar-refractivity contribution in [2.45, 2.75) is 74.7 Å². The number of aryl methyl sites for hydroxylation is 1. The molecule has 1 aliphatic rings. The van der Waals surface area contributed by atoms with E-state index in [1.54, 1.807) is 0 Å². The van der Waals surface area contributed by atoms with E-state index in [1.807, 2.05) is 27.7 Å². The number of para-hydroxylation sites is 1. The summed E-state index contributed by atoms with van der Waals surface area (Å²) in [4.78, 5) is 0. The lowest BCUT2D eigenvalue weighted by Gasteiger charge is -2.21. The lowest BCUT2D eigenvalue weighted by atomic mass is 9.82. The Bertz CT molecular complexity index is 1210. The maximum atomic E-state index is 2.30. The molecule has 33 heavy (non-hydrogen) atoms. The molecule has 1 heteroatoms. The summed E-state index contributed by atoms with van der Waals surface area (Å²) < 4.78 is 2.24. The monoisotopic (exact) mass is 443 g/mol. The van der Waals surface area contributed by atoms with E-state index in [0.717, 1.165) is 0 Å². The molecule has 0 spiro atoms. The summed E-state index contributed by atoms with van der Waals surface area (Å²) in [6.07, 6.45) is 8.81. The van der Waals surface area contributed by atoms with Crippen molar-refractivity contribution in [3.63, 3.8) is 0 Å². The molecule has 2 aromatic carbocycles. The summed E-state index contributed by atoms with van der Waals surface area (Å²) in [5.74, 6) is 0. The van der Waals surface area contributed by atoms with Gasteiger partial charge in [0.05, 0.1) is 0 Å². The largest absolute Gasteiger partial charge is 0.344 e. The van der Waals surface area contributed by atoms with E-state index in [-0.39, 0.29) is 5.41 Å². The van der Waals surface area contributed by atoms with Crippen molar-refractivity contribution in [3.05, 3.63) is 88.0 Å². The molecule has 0 unspecified atom stereocenters. The maximum absolute atomic E-state index is 2.30. The average Bonchev–Trinajstić information content (AvgIpc) is 3.28. The first-order valence-electron chi connectivity index (χ1n) is 12.5. The van der Waals surface area contributed by atoms with Crippen molar-refractivity contribution in [3.8, 4) is 0 Å². The second-order valence-electron chi connectivity index (χ2n) is 8.03. The smallest absolute Gasteiger partial charge is 0.0488 e. The molecule has 0 radical (unpaired) electrons. The molecular weight excluding hydrogens is 398 g/mol. The van der Waals surface area contributed by atoms with Crippen molar-refractivity contribution in [2.24, 2.45) is 7.05 Å². The quantitative estimate of drug-likeness (QED) is 0.330. The van der Waals surface area contributed by atoms with Gasteiger partial charge in [-0.25, -0.2) is 0 Å². The van der Waals surface area contributed by atoms with E-state index >= 15 is 0 Å². The Hall–Kier alpha value is -2.80. The van der Waals surface area contributed by atoms with Crippen LogP contribution in [0.5, 0.6) is 0 Å². The number of nitrogens with zero attached hydrogens (tertiary/aromatic N) is 1. The van der Waals surface area contributed by atoms with E-state index in [4.69, 9.17) is 0 Å². The van der Waals surface area contributed by atoms with Crippen LogP contribution in [0.1, 0.15) is 80.4 Å². The third-order valence-corrected chi connectivity index (χ3v) is 6.19. The lowest BCUT2D eigenvalue weighted by Crippen LogP contribution is -2.26. The normalized spacial score (nSPS) is 17.1. The van der Waals surface area contributed by atoms with Gasteiger partial charge in [-0.05, 0) is 56.0 Å². The first-order valence-corrected chi connectivity index (χ1v) is 12.5. The van der Waals surface area contributed by atoms with E-state index in [2.05, 4.69) is 126 Å². The molecule has 0 fully saturated rings. The van der Waals surface area contributed by atoms with Gasteiger partial charge in [-0.3, -0.25) is 0 Å². The van der Waals surface area contributed by atoms with Crippen LogP contribution >= 0.6 is 0 Å². The number of benzene rings is 2. The molecule has 0 N–H and O–H groups in total. The zero-order valence-electron chi connectivity index (χ0n) is 22.9. The van der Waals surface area contributed by atoms with Crippen molar-refractivity contribution < 1.29 is 0 Å². The summed E-state index contributed by atoms with van der Waals surface area (Å²) in [6, 6.07) is 17.2. The van der Waals surface area contributed by atoms with Crippen LogP contribution in [0, 0.1) is 0 Å². The van der Waals surface area contributed by atoms with E-state index in [0.29, 0.717) is 0 Å². The van der Waals surface area contributed by atoms with Gasteiger partial charge in [0.1, 0.15) is 0 Å². The standard InChI is InChI=1S/C15H18.C13H15N.2C2H6/c1-5-11-12-9-7-8-10-14(12)15(3,4)13(11)6-2;1-4-10-11-8-6-7-9-13(11)14(3)12(10)5-2;2*1-2/h5-10H,1-4H3;4-9H,1-3H3;2*1-2H3/b11-5-,13-6+;10-4-,12-5+;;. The van der Waals surface area contributed by atoms with Gasteiger partial charge in [0.25, 0.3) is 0 Å². The number of hydrogen-bond donors (Lipinski definition) is 0. The number of hydrogen-bond acceptors (Lipinski definition) is 0. The molecule has 4 rings (SSSR count). The summed E-state index contributed by atoms with van der Waals surface area (Å²) in [6.45, 7) is 21.0. The predicted octanol–water partition coefficient (Wildman–Crippen LogP) is 8.16. The van der Waals surface area contributed by atoms with Crippen molar-refractivity contribution in [1.29, 1.82) is 0 Å². The van der Waals surface area contributed by atoms with Crippen LogP contribution in [0.15, 0.2) is 66.3 Å². The minimum atomic E-state index is 0.160. The lowest BCUT2D eigenvalue weighted by molar-refractivity contribution is 0.659. The molecule has 0 amide bonds. The van der Waals surface area contributed by atoms with Gasteiger partial charge in [0.15, 0.2) is 0 Å². The number of rotatable bonds is 0. The molecule has 1 aromatic heterocycles. The molecular formula is C32H45N. The molecule has 1 aliphatic carbocycles. The number of allylic oxidation sites excluding steroid dienone is 4. The maximum Gasteiger partial charge on any atom is 0.0488 e. The van der Waals surface area contributed by atoms with Crippen molar-refractivity contribution in [2.75, 3.05) is 0 Å². The molecule has 0 atom stereocenters. The van der Waals surface area contributed by atoms with Crippen LogP contribution in [0.25, 0.3) is 28.6 Å². The zero-order valence-corrected chi connectivity index (χ0v) is 22.9. The SMILES string of the molecule is C/C=C1\C(=C/C)c2ccccc2C1(C)C.C/C=c1\c(=C/C)n(C)c2ccccc12.CC.CC. The fraction of sp³-hybridized carbons (Fsp3) is 0.375. The highest BCUT2D eigenvalue weighted by Gasteiger charge is 2.36. The van der Waals surface area contributed by atoms with Crippen LogP contribution in [0.3, 0.4) is 0 Å². The molecule has 178 valence electrons. The van der Waals surface area contributed by atoms with Crippen molar-refractivity contribution in [1.82, 2.24) is 4.57 Å². The first kappa shape index (κ1) is 28.2. The van der Waals surface area contributed by atoms with Crippen LogP contribution in [-0.4, -0.2) is 4.57 Å². The van der Waals surface area contributed by atoms with Crippen molar-refractivity contribution >= 4 is 28.6 Å². The summed E-state index contributed by atoms with van der Waals surface area (Å²) in [5, 5.41) is 3.98. The summed E-state index contributed by atoms with van der Waals surface area (Å²) in [7, 11) is 2.12. The highest BCUT2D eigenvalue weighted by Crippen LogP contribution is 2.49. The molecule has 3 aromatic rings. The second-order valence-corrected chi connectivity index (χ2v) is 8.03. The van der Waals surface area contributed by atoms with Gasteiger partial charge < -0.3 is 4.57 Å². The summed E-state index contributed by atoms with van der Waals surface area (Å²) in [5.41, 5.74) is 7.16. The van der Waals surface area contributed by atoms with Gasteiger partial charge in [-0.15, -0.1) is 0 Å². The topological polar surface area (TPSA) is 4.93 Å². The molecule has 0 saturated heterocycles. The fourth-order valence-electron chi connectivity index (χ4n) is 4.81. The van der Waals surface area contributed by atoms with Gasteiger partial charge in [0, 0.05) is 33.9 Å². The Morgan fingerprint density at radius 1 is 0.697 bits per heavy atom. The predicted molar refractivity (Wildman–Crippen MR) is 152 cm³/mol. The third-order valence-electron chi connectivity index (χ3n) is 6.19. The second kappa shape index (κ2) is 13.0. The van der Waals surface area contributed by atoms with E-state index in [1.165, 1.54) is 43.7 Å². The molecule has 1 nitrogen and oxygen atoms in total. The van der Waals surface area contributed by atoms with Crippen LogP contribution in [-0.2, 0) is 12.5 Å². The van der Waals surface area contributed by atoms with Crippen LogP contribution < -0.4 is 10.6 Å². The Kier molecular flexibility index (Phi) is 11.2. The van der Waals surface area contributed by atoms with Gasteiger partial charge in [0.2, 0.25) is 0 Å². The molecule has 0 saturated carbocycles. The number of aromatic nitrogens is 1. The Morgan fingerprint density at radius 3 is 1.82 bits per heavy atom. The number of fused-ring (bicyclic) bond motifs is 2. The van der Waals surface area contributed by atoms with Gasteiger partial charge in [-0.2, -0.15) is 0 Å². The minimum Gasteiger partial charge on any atom is -0.344 e. The fourth-order valence-corrected chi connectivity index (χ4v) is 4.81. The van der Waals surface area contributed by atoms with E-state index < -0.39 is 0 Å². The Morgan fingerprint density at radius 2 is 1.27 bits per heavy atom. The van der Waals surface area contributed by atoms with E-state index in [9.17, 15) is 0 Å². The highest BCUT2D eigenvalue weighted by atomic mass is 14.9. The average molecular weight is 444 g/mol. The first-order chi connectivity index (χ1) is 15.9. The highest BCUT2D eigenvalue weighted by molar-refractivity contribution is 5.89. The van der Waals surface area contributed by atoms with Gasteiger partial charge in [-0.1, -0.05) is 108 Å². The minimum absolute atomic E-state index is 0.160. The van der Waals surface area contributed by atoms with Crippen LogP contribution in [0.4, 0.5) is 0 Å². The summed E-state index contributed by atoms with van der Waals surface area (Å²) >= 11 is 0. The van der Waals surface area contributed by atoms with Crippen LogP contribution in [0.2, 0.25) is 0 Å². The zero-order chi connectivity index (χ0) is 25.2. The Labute approximate surface area is 202 Å².